The zero-order valence-corrected chi connectivity index (χ0v) is 10.5. The van der Waals surface area contributed by atoms with Crippen LogP contribution in [-0.2, 0) is 0 Å². The summed E-state index contributed by atoms with van der Waals surface area (Å²) in [7, 11) is 1.63. The number of hydrogen-bond acceptors (Lipinski definition) is 3. The van der Waals surface area contributed by atoms with Crippen molar-refractivity contribution in [1.82, 2.24) is 4.98 Å². The maximum Gasteiger partial charge on any atom is 0.213 e. The summed E-state index contributed by atoms with van der Waals surface area (Å²) >= 11 is 0. The van der Waals surface area contributed by atoms with Crippen LogP contribution in [0.3, 0.4) is 0 Å². The van der Waals surface area contributed by atoms with Gasteiger partial charge in [-0.05, 0) is 18.9 Å². The van der Waals surface area contributed by atoms with Crippen molar-refractivity contribution in [2.24, 2.45) is 0 Å². The van der Waals surface area contributed by atoms with Crippen molar-refractivity contribution in [2.75, 3.05) is 12.4 Å². The van der Waals surface area contributed by atoms with E-state index in [1.165, 1.54) is 25.7 Å². The molecular formula is C13H22N2O. The van der Waals surface area contributed by atoms with Gasteiger partial charge in [-0.25, -0.2) is 4.98 Å². The van der Waals surface area contributed by atoms with Crippen molar-refractivity contribution in [3.8, 4) is 5.88 Å². The molecule has 0 amide bonds. The quantitative estimate of drug-likeness (QED) is 0.767. The Morgan fingerprint density at radius 1 is 1.25 bits per heavy atom. The smallest absolute Gasteiger partial charge is 0.213 e. The van der Waals surface area contributed by atoms with Crippen LogP contribution in [0, 0.1) is 0 Å². The number of nitrogens with one attached hydrogen (secondary N) is 1. The van der Waals surface area contributed by atoms with Gasteiger partial charge in [-0.2, -0.15) is 0 Å². The number of rotatable bonds is 7. The predicted molar refractivity (Wildman–Crippen MR) is 68.0 cm³/mol. The van der Waals surface area contributed by atoms with Gasteiger partial charge in [0, 0.05) is 12.1 Å². The number of ether oxygens (including phenoxy) is 1. The molecule has 0 aliphatic heterocycles. The molecule has 0 spiro atoms. The summed E-state index contributed by atoms with van der Waals surface area (Å²) < 4.78 is 5.03. The molecule has 0 fully saturated rings. The SMILES string of the molecule is CCCC(CCC)Nc1ccc(OC)nc1. The first-order valence-electron chi connectivity index (χ1n) is 6.06. The Hall–Kier alpha value is -1.25. The largest absolute Gasteiger partial charge is 0.481 e. The Labute approximate surface area is 98.2 Å². The van der Waals surface area contributed by atoms with Gasteiger partial charge in [0.05, 0.1) is 19.0 Å². The highest BCUT2D eigenvalue weighted by atomic mass is 16.5. The lowest BCUT2D eigenvalue weighted by Crippen LogP contribution is -2.18. The Bertz CT molecular complexity index is 278. The summed E-state index contributed by atoms with van der Waals surface area (Å²) in [4.78, 5) is 4.19. The molecule has 0 aromatic carbocycles. The second-order valence-corrected chi connectivity index (χ2v) is 4.01. The van der Waals surface area contributed by atoms with Crippen molar-refractivity contribution < 1.29 is 4.74 Å². The third kappa shape index (κ3) is 4.09. The summed E-state index contributed by atoms with van der Waals surface area (Å²) in [6.07, 6.45) is 6.67. The molecular weight excluding hydrogens is 200 g/mol. The summed E-state index contributed by atoms with van der Waals surface area (Å²) in [5, 5.41) is 3.51. The molecule has 0 saturated carbocycles. The van der Waals surface area contributed by atoms with E-state index in [0.29, 0.717) is 11.9 Å². The fourth-order valence-electron chi connectivity index (χ4n) is 1.81. The zero-order valence-electron chi connectivity index (χ0n) is 10.5. The fraction of sp³-hybridized carbons (Fsp3) is 0.615. The van der Waals surface area contributed by atoms with Crippen LogP contribution in [0.15, 0.2) is 18.3 Å². The molecule has 0 bridgehead atoms. The number of hydrogen-bond donors (Lipinski definition) is 1. The van der Waals surface area contributed by atoms with Gasteiger partial charge in [0.15, 0.2) is 0 Å². The zero-order chi connectivity index (χ0) is 11.8. The molecule has 1 N–H and O–H groups in total. The number of methoxy groups -OCH3 is 1. The fourth-order valence-corrected chi connectivity index (χ4v) is 1.81. The predicted octanol–water partition coefficient (Wildman–Crippen LogP) is 3.47. The van der Waals surface area contributed by atoms with Crippen LogP contribution in [0.2, 0.25) is 0 Å². The van der Waals surface area contributed by atoms with E-state index in [1.807, 2.05) is 18.3 Å². The van der Waals surface area contributed by atoms with E-state index in [9.17, 15) is 0 Å². The average molecular weight is 222 g/mol. The van der Waals surface area contributed by atoms with Crippen molar-refractivity contribution >= 4 is 5.69 Å². The van der Waals surface area contributed by atoms with E-state index in [0.717, 1.165) is 5.69 Å². The third-order valence-corrected chi connectivity index (χ3v) is 2.59. The van der Waals surface area contributed by atoms with E-state index in [2.05, 4.69) is 24.1 Å². The van der Waals surface area contributed by atoms with Gasteiger partial charge < -0.3 is 10.1 Å². The number of pyridine rings is 1. The summed E-state index contributed by atoms with van der Waals surface area (Å²) in [5.74, 6) is 0.660. The molecule has 90 valence electrons. The minimum absolute atomic E-state index is 0.560. The number of anilines is 1. The first-order chi connectivity index (χ1) is 7.80. The van der Waals surface area contributed by atoms with E-state index in [1.54, 1.807) is 7.11 Å². The van der Waals surface area contributed by atoms with Crippen molar-refractivity contribution in [3.05, 3.63) is 18.3 Å². The van der Waals surface area contributed by atoms with Gasteiger partial charge in [0.2, 0.25) is 5.88 Å². The van der Waals surface area contributed by atoms with E-state index in [-0.39, 0.29) is 0 Å². The Balaban J connectivity index is 2.54. The van der Waals surface area contributed by atoms with Crippen LogP contribution >= 0.6 is 0 Å². The van der Waals surface area contributed by atoms with Gasteiger partial charge in [-0.15, -0.1) is 0 Å². The van der Waals surface area contributed by atoms with Gasteiger partial charge in [-0.1, -0.05) is 26.7 Å². The summed E-state index contributed by atoms with van der Waals surface area (Å²) in [6.45, 7) is 4.44. The molecule has 3 nitrogen and oxygen atoms in total. The van der Waals surface area contributed by atoms with E-state index in [4.69, 9.17) is 4.74 Å². The van der Waals surface area contributed by atoms with Gasteiger partial charge >= 0.3 is 0 Å². The third-order valence-electron chi connectivity index (χ3n) is 2.59. The van der Waals surface area contributed by atoms with E-state index < -0.39 is 0 Å². The summed E-state index contributed by atoms with van der Waals surface area (Å²) in [6, 6.07) is 4.46. The minimum atomic E-state index is 0.560. The lowest BCUT2D eigenvalue weighted by Gasteiger charge is -2.18. The lowest BCUT2D eigenvalue weighted by molar-refractivity contribution is 0.398. The maximum absolute atomic E-state index is 5.03. The molecule has 3 heteroatoms. The molecule has 0 aliphatic carbocycles. The van der Waals surface area contributed by atoms with Crippen LogP contribution in [-0.4, -0.2) is 18.1 Å². The average Bonchev–Trinajstić information content (AvgIpc) is 2.31. The highest BCUT2D eigenvalue weighted by molar-refractivity contribution is 5.42. The molecule has 0 unspecified atom stereocenters. The van der Waals surface area contributed by atoms with Crippen LogP contribution in [0.5, 0.6) is 5.88 Å². The van der Waals surface area contributed by atoms with Crippen LogP contribution in [0.1, 0.15) is 39.5 Å². The minimum Gasteiger partial charge on any atom is -0.481 e. The van der Waals surface area contributed by atoms with Crippen LogP contribution in [0.4, 0.5) is 5.69 Å². The standard InChI is InChI=1S/C13H22N2O/c1-4-6-11(7-5-2)15-12-8-9-13(16-3)14-10-12/h8-11,15H,4-7H2,1-3H3. The highest BCUT2D eigenvalue weighted by Crippen LogP contribution is 2.15. The van der Waals surface area contributed by atoms with Gasteiger partial charge in [-0.3, -0.25) is 0 Å². The second-order valence-electron chi connectivity index (χ2n) is 4.01. The van der Waals surface area contributed by atoms with Crippen molar-refractivity contribution in [2.45, 2.75) is 45.6 Å². The van der Waals surface area contributed by atoms with Gasteiger partial charge in [0.1, 0.15) is 0 Å². The van der Waals surface area contributed by atoms with E-state index >= 15 is 0 Å². The van der Waals surface area contributed by atoms with Gasteiger partial charge in [0.25, 0.3) is 0 Å². The molecule has 1 aromatic rings. The summed E-state index contributed by atoms with van der Waals surface area (Å²) in [5.41, 5.74) is 1.08. The number of nitrogens with zero attached hydrogens (tertiary/aromatic N) is 1. The molecule has 0 aliphatic rings. The monoisotopic (exact) mass is 222 g/mol. The first-order valence-corrected chi connectivity index (χ1v) is 6.06. The van der Waals surface area contributed by atoms with Crippen molar-refractivity contribution in [1.29, 1.82) is 0 Å². The highest BCUT2D eigenvalue weighted by Gasteiger charge is 2.06. The second kappa shape index (κ2) is 7.09. The number of aromatic nitrogens is 1. The molecule has 0 atom stereocenters. The molecule has 1 heterocycles. The Morgan fingerprint density at radius 2 is 1.94 bits per heavy atom. The Kier molecular flexibility index (Phi) is 5.68. The lowest BCUT2D eigenvalue weighted by atomic mass is 10.1. The molecule has 0 saturated heterocycles. The molecule has 1 aromatic heterocycles. The Morgan fingerprint density at radius 3 is 2.38 bits per heavy atom. The molecule has 1 rings (SSSR count). The maximum atomic E-state index is 5.03. The van der Waals surface area contributed by atoms with Crippen LogP contribution < -0.4 is 10.1 Å². The van der Waals surface area contributed by atoms with Crippen LogP contribution in [0.25, 0.3) is 0 Å². The normalized spacial score (nSPS) is 10.5. The molecule has 0 radical (unpaired) electrons. The first kappa shape index (κ1) is 12.8. The topological polar surface area (TPSA) is 34.1 Å². The molecule has 16 heavy (non-hydrogen) atoms. The van der Waals surface area contributed by atoms with Crippen molar-refractivity contribution in [3.63, 3.8) is 0 Å².